The summed E-state index contributed by atoms with van der Waals surface area (Å²) < 4.78 is 43.2. The fourth-order valence-corrected chi connectivity index (χ4v) is 2.09. The minimum atomic E-state index is -4.38. The molecule has 1 aromatic rings. The highest BCUT2D eigenvalue weighted by atomic mass is 19.4. The largest absolute Gasteiger partial charge is 0.496 e. The van der Waals surface area contributed by atoms with Gasteiger partial charge < -0.3 is 4.74 Å². The molecule has 0 aromatic heterocycles. The van der Waals surface area contributed by atoms with Crippen LogP contribution < -0.4 is 0 Å². The second-order valence-electron chi connectivity index (χ2n) is 4.15. The molecule has 1 aromatic carbocycles. The maximum Gasteiger partial charge on any atom is 0.416 e. The monoisotopic (exact) mass is 252 g/mol. The van der Waals surface area contributed by atoms with Crippen molar-refractivity contribution < 1.29 is 17.9 Å². The SMILES string of the molecule is C#CC1(c2cccc(C(F)(F)F)c2)CCOC1=C. The van der Waals surface area contributed by atoms with Gasteiger partial charge >= 0.3 is 6.18 Å². The summed E-state index contributed by atoms with van der Waals surface area (Å²) in [5, 5.41) is 0. The molecule has 1 fully saturated rings. The topological polar surface area (TPSA) is 9.23 Å². The van der Waals surface area contributed by atoms with E-state index in [9.17, 15) is 13.2 Å². The molecule has 1 saturated heterocycles. The Morgan fingerprint density at radius 1 is 1.39 bits per heavy atom. The Hall–Kier alpha value is -1.89. The van der Waals surface area contributed by atoms with Crippen LogP contribution in [0.25, 0.3) is 0 Å². The van der Waals surface area contributed by atoms with Gasteiger partial charge in [0.1, 0.15) is 11.2 Å². The smallest absolute Gasteiger partial charge is 0.416 e. The Labute approximate surface area is 103 Å². The first-order valence-corrected chi connectivity index (χ1v) is 5.38. The van der Waals surface area contributed by atoms with Crippen LogP contribution in [-0.2, 0) is 16.3 Å². The highest BCUT2D eigenvalue weighted by Gasteiger charge is 2.41. The molecule has 0 saturated carbocycles. The molecule has 1 aliphatic heterocycles. The van der Waals surface area contributed by atoms with Gasteiger partial charge in [-0.05, 0) is 17.7 Å². The summed E-state index contributed by atoms with van der Waals surface area (Å²) >= 11 is 0. The lowest BCUT2D eigenvalue weighted by molar-refractivity contribution is -0.137. The molecule has 0 bridgehead atoms. The van der Waals surface area contributed by atoms with Crippen molar-refractivity contribution >= 4 is 0 Å². The van der Waals surface area contributed by atoms with Gasteiger partial charge in [0.2, 0.25) is 0 Å². The first kappa shape index (κ1) is 12.6. The first-order chi connectivity index (χ1) is 8.40. The quantitative estimate of drug-likeness (QED) is 0.695. The molecular formula is C14H11F3O. The van der Waals surface area contributed by atoms with Crippen molar-refractivity contribution in [1.82, 2.24) is 0 Å². The second kappa shape index (κ2) is 4.09. The van der Waals surface area contributed by atoms with Crippen LogP contribution in [0.4, 0.5) is 13.2 Å². The molecule has 1 nitrogen and oxygen atoms in total. The van der Waals surface area contributed by atoms with Gasteiger partial charge in [-0.1, -0.05) is 24.6 Å². The maximum absolute atomic E-state index is 12.7. The summed E-state index contributed by atoms with van der Waals surface area (Å²) in [5.74, 6) is 2.87. The molecule has 1 aliphatic rings. The molecule has 4 heteroatoms. The Kier molecular flexibility index (Phi) is 2.86. The van der Waals surface area contributed by atoms with Crippen molar-refractivity contribution in [3.63, 3.8) is 0 Å². The van der Waals surface area contributed by atoms with Crippen LogP contribution >= 0.6 is 0 Å². The molecule has 18 heavy (non-hydrogen) atoms. The Morgan fingerprint density at radius 3 is 2.61 bits per heavy atom. The molecule has 0 spiro atoms. The zero-order valence-electron chi connectivity index (χ0n) is 9.55. The molecule has 2 rings (SSSR count). The number of rotatable bonds is 1. The van der Waals surface area contributed by atoms with Crippen molar-refractivity contribution in [1.29, 1.82) is 0 Å². The number of halogens is 3. The number of allylic oxidation sites excluding steroid dienone is 1. The Bertz CT molecular complexity index is 525. The molecule has 0 radical (unpaired) electrons. The third kappa shape index (κ3) is 1.86. The number of benzene rings is 1. The summed E-state index contributed by atoms with van der Waals surface area (Å²) in [6.45, 7) is 4.08. The van der Waals surface area contributed by atoms with Gasteiger partial charge in [-0.3, -0.25) is 0 Å². The molecule has 94 valence electrons. The van der Waals surface area contributed by atoms with Crippen molar-refractivity contribution in [2.24, 2.45) is 0 Å². The normalized spacial score (nSPS) is 23.6. The third-order valence-electron chi connectivity index (χ3n) is 3.16. The Morgan fingerprint density at radius 2 is 2.11 bits per heavy atom. The predicted molar refractivity (Wildman–Crippen MR) is 61.7 cm³/mol. The van der Waals surface area contributed by atoms with Crippen molar-refractivity contribution in [3.05, 3.63) is 47.7 Å². The van der Waals surface area contributed by atoms with E-state index in [1.165, 1.54) is 6.07 Å². The molecule has 1 unspecified atom stereocenters. The highest BCUT2D eigenvalue weighted by Crippen LogP contribution is 2.41. The third-order valence-corrected chi connectivity index (χ3v) is 3.16. The maximum atomic E-state index is 12.7. The van der Waals surface area contributed by atoms with E-state index in [0.29, 0.717) is 24.4 Å². The van der Waals surface area contributed by atoms with Gasteiger partial charge in [-0.25, -0.2) is 0 Å². The van der Waals surface area contributed by atoms with E-state index in [0.717, 1.165) is 12.1 Å². The average Bonchev–Trinajstić information content (AvgIpc) is 2.71. The van der Waals surface area contributed by atoms with Crippen molar-refractivity contribution in [3.8, 4) is 12.3 Å². The van der Waals surface area contributed by atoms with E-state index >= 15 is 0 Å². The van der Waals surface area contributed by atoms with Crippen LogP contribution in [0.5, 0.6) is 0 Å². The van der Waals surface area contributed by atoms with E-state index in [1.807, 2.05) is 0 Å². The van der Waals surface area contributed by atoms with E-state index in [2.05, 4.69) is 12.5 Å². The van der Waals surface area contributed by atoms with Crippen LogP contribution in [0, 0.1) is 12.3 Å². The van der Waals surface area contributed by atoms with Crippen LogP contribution in [0.3, 0.4) is 0 Å². The Balaban J connectivity index is 2.52. The number of alkyl halides is 3. The van der Waals surface area contributed by atoms with E-state index in [-0.39, 0.29) is 0 Å². The van der Waals surface area contributed by atoms with Crippen LogP contribution in [0.1, 0.15) is 17.5 Å². The molecule has 0 aliphatic carbocycles. The van der Waals surface area contributed by atoms with Crippen LogP contribution in [0.15, 0.2) is 36.6 Å². The number of terminal acetylenes is 1. The number of ether oxygens (including phenoxy) is 1. The predicted octanol–water partition coefficient (Wildman–Crippen LogP) is 3.51. The van der Waals surface area contributed by atoms with Crippen LogP contribution in [0.2, 0.25) is 0 Å². The summed E-state index contributed by atoms with van der Waals surface area (Å²) in [5.41, 5.74) is -1.25. The summed E-state index contributed by atoms with van der Waals surface area (Å²) in [7, 11) is 0. The number of hydrogen-bond acceptors (Lipinski definition) is 1. The standard InChI is InChI=1S/C14H11F3O/c1-3-13(7-8-18-10(13)2)11-5-4-6-12(9-11)14(15,16)17/h1,4-6,9H,2,7-8H2. The van der Waals surface area contributed by atoms with Gasteiger partial charge in [0.05, 0.1) is 12.2 Å². The molecule has 1 atom stereocenters. The minimum absolute atomic E-state index is 0.337. The van der Waals surface area contributed by atoms with Crippen molar-refractivity contribution in [2.75, 3.05) is 6.61 Å². The van der Waals surface area contributed by atoms with Gasteiger partial charge in [0.25, 0.3) is 0 Å². The van der Waals surface area contributed by atoms with Gasteiger partial charge in [0, 0.05) is 6.42 Å². The van der Waals surface area contributed by atoms with E-state index in [1.54, 1.807) is 6.07 Å². The van der Waals surface area contributed by atoms with E-state index in [4.69, 9.17) is 11.2 Å². The lowest BCUT2D eigenvalue weighted by atomic mass is 9.78. The highest BCUT2D eigenvalue weighted by molar-refractivity contribution is 5.45. The zero-order valence-corrected chi connectivity index (χ0v) is 9.55. The molecular weight excluding hydrogens is 241 g/mol. The summed E-state index contributed by atoms with van der Waals surface area (Å²) in [6.07, 6.45) is 1.54. The number of hydrogen-bond donors (Lipinski definition) is 0. The molecule has 0 amide bonds. The molecule has 1 heterocycles. The fourth-order valence-electron chi connectivity index (χ4n) is 2.09. The average molecular weight is 252 g/mol. The fraction of sp³-hybridized carbons (Fsp3) is 0.286. The molecule has 0 N–H and O–H groups in total. The second-order valence-corrected chi connectivity index (χ2v) is 4.15. The summed E-state index contributed by atoms with van der Waals surface area (Å²) in [6, 6.07) is 5.02. The first-order valence-electron chi connectivity index (χ1n) is 5.38. The van der Waals surface area contributed by atoms with Gasteiger partial charge in [-0.15, -0.1) is 6.42 Å². The lowest BCUT2D eigenvalue weighted by Crippen LogP contribution is -2.22. The lowest BCUT2D eigenvalue weighted by Gasteiger charge is -2.23. The van der Waals surface area contributed by atoms with E-state index < -0.39 is 17.2 Å². The van der Waals surface area contributed by atoms with Gasteiger partial charge in [0.15, 0.2) is 0 Å². The zero-order chi connectivity index (χ0) is 13.4. The van der Waals surface area contributed by atoms with Gasteiger partial charge in [-0.2, -0.15) is 13.2 Å². The van der Waals surface area contributed by atoms with Crippen LogP contribution in [-0.4, -0.2) is 6.61 Å². The van der Waals surface area contributed by atoms with Crippen molar-refractivity contribution in [2.45, 2.75) is 18.0 Å². The summed E-state index contributed by atoms with van der Waals surface area (Å²) in [4.78, 5) is 0. The minimum Gasteiger partial charge on any atom is -0.496 e.